The molecule has 2 fully saturated rings. The zero-order valence-corrected chi connectivity index (χ0v) is 16.7. The zero-order valence-electron chi connectivity index (χ0n) is 15.9. The Bertz CT molecular complexity index is 778. The molecule has 27 heavy (non-hydrogen) atoms. The van der Waals surface area contributed by atoms with Gasteiger partial charge in [-0.05, 0) is 31.9 Å². The fraction of sp³-hybridized carbons (Fsp3) is 0.500. The summed E-state index contributed by atoms with van der Waals surface area (Å²) in [5.41, 5.74) is 3.20. The Balaban J connectivity index is 1.32. The lowest BCUT2D eigenvalue weighted by atomic mass is 10.2. The van der Waals surface area contributed by atoms with E-state index in [1.807, 2.05) is 30.0 Å². The van der Waals surface area contributed by atoms with Crippen LogP contribution in [0.3, 0.4) is 0 Å². The molecular weight excluding hydrogens is 358 g/mol. The topological polar surface area (TPSA) is 51.7 Å². The van der Waals surface area contributed by atoms with Crippen LogP contribution in [0.2, 0.25) is 0 Å². The molecule has 0 atom stereocenters. The molecule has 3 heterocycles. The molecule has 6 nitrogen and oxygen atoms in total. The number of benzene rings is 1. The molecule has 0 radical (unpaired) electrons. The van der Waals surface area contributed by atoms with E-state index >= 15 is 0 Å². The minimum atomic E-state index is 0.00537. The molecule has 0 aliphatic carbocycles. The van der Waals surface area contributed by atoms with Gasteiger partial charge in [0.1, 0.15) is 0 Å². The summed E-state index contributed by atoms with van der Waals surface area (Å²) in [5.74, 6) is 0. The highest BCUT2D eigenvalue weighted by Gasteiger charge is 2.23. The Kier molecular flexibility index (Phi) is 5.59. The second-order valence-corrected chi connectivity index (χ2v) is 8.32. The molecule has 0 spiro atoms. The van der Waals surface area contributed by atoms with E-state index in [0.29, 0.717) is 0 Å². The van der Waals surface area contributed by atoms with Gasteiger partial charge >= 0.3 is 6.03 Å². The van der Waals surface area contributed by atoms with Crippen LogP contribution in [0.25, 0.3) is 0 Å². The summed E-state index contributed by atoms with van der Waals surface area (Å²) in [6, 6.07) is 8.15. The van der Waals surface area contributed by atoms with E-state index < -0.39 is 0 Å². The van der Waals surface area contributed by atoms with Crippen molar-refractivity contribution in [2.24, 2.45) is 0 Å². The van der Waals surface area contributed by atoms with Gasteiger partial charge in [0.15, 0.2) is 0 Å². The number of nitrogens with one attached hydrogen (secondary N) is 1. The van der Waals surface area contributed by atoms with Crippen molar-refractivity contribution >= 4 is 28.7 Å². The number of thiazole rings is 1. The van der Waals surface area contributed by atoms with Crippen molar-refractivity contribution in [1.82, 2.24) is 14.8 Å². The predicted octanol–water partition coefficient (Wildman–Crippen LogP) is 3.40. The molecule has 7 heteroatoms. The molecule has 0 saturated carbocycles. The number of hydrogen-bond donors (Lipinski definition) is 1. The maximum atomic E-state index is 12.8. The molecule has 4 rings (SSSR count). The van der Waals surface area contributed by atoms with Crippen LogP contribution in [0.5, 0.6) is 0 Å². The summed E-state index contributed by atoms with van der Waals surface area (Å²) in [6.45, 7) is 8.33. The Morgan fingerprint density at radius 2 is 1.85 bits per heavy atom. The maximum Gasteiger partial charge on any atom is 0.321 e. The van der Waals surface area contributed by atoms with Crippen LogP contribution in [-0.2, 0) is 6.54 Å². The molecule has 0 bridgehead atoms. The Hall–Kier alpha value is -2.12. The molecule has 2 saturated heterocycles. The highest BCUT2D eigenvalue weighted by Crippen LogP contribution is 2.29. The number of carbonyl (C=O) groups excluding carboxylic acids is 1. The summed E-state index contributed by atoms with van der Waals surface area (Å²) < 4.78 is 0. The van der Waals surface area contributed by atoms with Gasteiger partial charge in [-0.3, -0.25) is 4.90 Å². The van der Waals surface area contributed by atoms with E-state index in [1.165, 1.54) is 12.8 Å². The third kappa shape index (κ3) is 4.42. The number of aromatic nitrogens is 1. The Morgan fingerprint density at radius 1 is 1.11 bits per heavy atom. The number of aryl methyl sites for hydroxylation is 1. The lowest BCUT2D eigenvalue weighted by Gasteiger charge is -2.34. The molecule has 2 aliphatic rings. The molecule has 2 aliphatic heterocycles. The van der Waals surface area contributed by atoms with Crippen LogP contribution in [0.4, 0.5) is 16.2 Å². The largest absolute Gasteiger partial charge is 0.370 e. The monoisotopic (exact) mass is 385 g/mol. The van der Waals surface area contributed by atoms with Gasteiger partial charge in [-0.25, -0.2) is 9.78 Å². The number of amides is 2. The standard InChI is InChI=1S/C20H27N5OS/c1-16-21-17(15-27-16)14-23-10-12-25(13-11-23)20(26)22-18-6-2-3-7-19(18)24-8-4-5-9-24/h2-3,6-7,15H,4-5,8-14H2,1H3,(H,22,26). The molecule has 144 valence electrons. The smallest absolute Gasteiger partial charge is 0.321 e. The van der Waals surface area contributed by atoms with Crippen LogP contribution in [0.15, 0.2) is 29.6 Å². The first kappa shape index (κ1) is 18.3. The van der Waals surface area contributed by atoms with Gasteiger partial charge in [0.2, 0.25) is 0 Å². The fourth-order valence-corrected chi connectivity index (χ4v) is 4.43. The van der Waals surface area contributed by atoms with E-state index in [9.17, 15) is 4.79 Å². The van der Waals surface area contributed by atoms with Crippen molar-refractivity contribution in [3.8, 4) is 0 Å². The van der Waals surface area contributed by atoms with E-state index in [-0.39, 0.29) is 6.03 Å². The molecule has 1 aromatic heterocycles. The van der Waals surface area contributed by atoms with Crippen molar-refractivity contribution < 1.29 is 4.79 Å². The van der Waals surface area contributed by atoms with Crippen LogP contribution < -0.4 is 10.2 Å². The Morgan fingerprint density at radius 3 is 2.56 bits per heavy atom. The first-order chi connectivity index (χ1) is 13.2. The summed E-state index contributed by atoms with van der Waals surface area (Å²) in [5, 5.41) is 6.38. The average molecular weight is 386 g/mol. The van der Waals surface area contributed by atoms with Crippen LogP contribution >= 0.6 is 11.3 Å². The van der Waals surface area contributed by atoms with Gasteiger partial charge in [-0.1, -0.05) is 12.1 Å². The summed E-state index contributed by atoms with van der Waals surface area (Å²) in [6.07, 6.45) is 2.45. The number of rotatable bonds is 4. The molecule has 2 aromatic rings. The number of piperazine rings is 1. The van der Waals surface area contributed by atoms with E-state index in [0.717, 1.165) is 67.9 Å². The van der Waals surface area contributed by atoms with Gasteiger partial charge in [0, 0.05) is 51.2 Å². The van der Waals surface area contributed by atoms with E-state index in [1.54, 1.807) is 11.3 Å². The molecule has 1 N–H and O–H groups in total. The maximum absolute atomic E-state index is 12.8. The van der Waals surface area contributed by atoms with Crippen molar-refractivity contribution in [3.05, 3.63) is 40.3 Å². The van der Waals surface area contributed by atoms with Crippen LogP contribution in [-0.4, -0.2) is 60.1 Å². The van der Waals surface area contributed by atoms with Crippen LogP contribution in [0, 0.1) is 6.92 Å². The van der Waals surface area contributed by atoms with Crippen molar-refractivity contribution in [3.63, 3.8) is 0 Å². The van der Waals surface area contributed by atoms with Crippen molar-refractivity contribution in [2.75, 3.05) is 49.5 Å². The lowest BCUT2D eigenvalue weighted by Crippen LogP contribution is -2.49. The quantitative estimate of drug-likeness (QED) is 0.876. The van der Waals surface area contributed by atoms with Gasteiger partial charge in [-0.2, -0.15) is 0 Å². The van der Waals surface area contributed by atoms with Gasteiger partial charge in [-0.15, -0.1) is 11.3 Å². The summed E-state index contributed by atoms with van der Waals surface area (Å²) in [4.78, 5) is 24.0. The lowest BCUT2D eigenvalue weighted by molar-refractivity contribution is 0.142. The number of carbonyl (C=O) groups is 1. The highest BCUT2D eigenvalue weighted by atomic mass is 32.1. The Labute approximate surface area is 164 Å². The third-order valence-electron chi connectivity index (χ3n) is 5.30. The normalized spacial score (nSPS) is 18.1. The predicted molar refractivity (Wildman–Crippen MR) is 111 cm³/mol. The molecular formula is C20H27N5OS. The second-order valence-electron chi connectivity index (χ2n) is 7.26. The highest BCUT2D eigenvalue weighted by molar-refractivity contribution is 7.09. The summed E-state index contributed by atoms with van der Waals surface area (Å²) >= 11 is 1.70. The number of anilines is 2. The first-order valence-electron chi connectivity index (χ1n) is 9.72. The number of nitrogens with zero attached hydrogens (tertiary/aromatic N) is 4. The minimum absolute atomic E-state index is 0.00537. The zero-order chi connectivity index (χ0) is 18.6. The van der Waals surface area contributed by atoms with E-state index in [2.05, 4.69) is 31.5 Å². The van der Waals surface area contributed by atoms with E-state index in [4.69, 9.17) is 0 Å². The molecule has 0 unspecified atom stereocenters. The number of hydrogen-bond acceptors (Lipinski definition) is 5. The minimum Gasteiger partial charge on any atom is -0.370 e. The molecule has 1 aromatic carbocycles. The first-order valence-corrected chi connectivity index (χ1v) is 10.6. The van der Waals surface area contributed by atoms with Gasteiger partial charge in [0.05, 0.1) is 22.1 Å². The van der Waals surface area contributed by atoms with Gasteiger partial charge < -0.3 is 15.1 Å². The second kappa shape index (κ2) is 8.27. The molecule has 2 amide bonds. The number of para-hydroxylation sites is 2. The number of urea groups is 1. The van der Waals surface area contributed by atoms with Gasteiger partial charge in [0.25, 0.3) is 0 Å². The van der Waals surface area contributed by atoms with Crippen molar-refractivity contribution in [2.45, 2.75) is 26.3 Å². The SMILES string of the molecule is Cc1nc(CN2CCN(C(=O)Nc3ccccc3N3CCCC3)CC2)cs1. The van der Waals surface area contributed by atoms with Crippen LogP contribution in [0.1, 0.15) is 23.5 Å². The average Bonchev–Trinajstić information content (AvgIpc) is 3.35. The van der Waals surface area contributed by atoms with Crippen molar-refractivity contribution in [1.29, 1.82) is 0 Å². The fourth-order valence-electron chi connectivity index (χ4n) is 3.83. The third-order valence-corrected chi connectivity index (χ3v) is 6.13. The summed E-state index contributed by atoms with van der Waals surface area (Å²) in [7, 11) is 0.